The number of fused-ring (bicyclic) bond motifs is 10. The molecule has 0 amide bonds. The molecule has 0 aliphatic carbocycles. The van der Waals surface area contributed by atoms with E-state index in [2.05, 4.69) is 82.8 Å². The van der Waals surface area contributed by atoms with Crippen LogP contribution < -0.4 is 0 Å². The Balaban J connectivity index is 1.15. The van der Waals surface area contributed by atoms with Crippen molar-refractivity contribution in [3.8, 4) is 44.8 Å². The first kappa shape index (κ1) is 38.6. The SMILES string of the molecule is FC(F)(F)c1ccc(-c2ccc(-c3ccc4c5ccccc5c5ccc(-c6ccc(-c7ccc(C(F)(F)F)cc7)nc6)cc5c5ccccc5c5ccccc5c4c3)cn2)cc1. The molecule has 0 unspecified atom stereocenters. The number of pyridine rings is 2. The molecule has 300 valence electrons. The minimum absolute atomic E-state index is 0.575. The van der Waals surface area contributed by atoms with E-state index >= 15 is 0 Å². The second kappa shape index (κ2) is 15.2. The maximum absolute atomic E-state index is 13.2. The third kappa shape index (κ3) is 7.13. The summed E-state index contributed by atoms with van der Waals surface area (Å²) in [6.45, 7) is 0. The van der Waals surface area contributed by atoms with Gasteiger partial charge in [-0.3, -0.25) is 9.97 Å². The van der Waals surface area contributed by atoms with Crippen LogP contribution in [0.3, 0.4) is 0 Å². The van der Waals surface area contributed by atoms with Gasteiger partial charge < -0.3 is 0 Å². The van der Waals surface area contributed by atoms with Crippen LogP contribution in [0, 0.1) is 0 Å². The predicted octanol–water partition coefficient (Wildman–Crippen LogP) is 16.1. The van der Waals surface area contributed by atoms with Gasteiger partial charge in [0, 0.05) is 34.6 Å². The van der Waals surface area contributed by atoms with E-state index < -0.39 is 23.5 Å². The monoisotopic (exact) mass is 822 g/mol. The van der Waals surface area contributed by atoms with Crippen LogP contribution >= 0.6 is 0 Å². The summed E-state index contributed by atoms with van der Waals surface area (Å²) >= 11 is 0. The van der Waals surface area contributed by atoms with E-state index in [1.165, 1.54) is 24.3 Å². The van der Waals surface area contributed by atoms with Crippen LogP contribution in [0.1, 0.15) is 11.1 Å². The number of aromatic nitrogens is 2. The topological polar surface area (TPSA) is 25.8 Å². The van der Waals surface area contributed by atoms with Crippen molar-refractivity contribution in [2.45, 2.75) is 12.4 Å². The number of benzene rings is 7. The molecule has 0 radical (unpaired) electrons. The normalized spacial score (nSPS) is 12.0. The first-order valence-electron chi connectivity index (χ1n) is 19.8. The van der Waals surface area contributed by atoms with Crippen molar-refractivity contribution in [3.63, 3.8) is 0 Å². The van der Waals surface area contributed by atoms with Gasteiger partial charge in [-0.1, -0.05) is 133 Å². The molecule has 0 aliphatic heterocycles. The molecule has 0 bridgehead atoms. The molecule has 0 atom stereocenters. The van der Waals surface area contributed by atoms with Crippen LogP contribution in [-0.4, -0.2) is 9.97 Å². The van der Waals surface area contributed by atoms with E-state index in [9.17, 15) is 26.3 Å². The van der Waals surface area contributed by atoms with E-state index in [-0.39, 0.29) is 0 Å². The van der Waals surface area contributed by atoms with Gasteiger partial charge in [0.2, 0.25) is 0 Å². The number of rotatable bonds is 4. The molecule has 0 saturated carbocycles. The van der Waals surface area contributed by atoms with E-state index in [0.29, 0.717) is 22.5 Å². The molecule has 0 saturated heterocycles. The molecule has 2 heterocycles. The fraction of sp³-hybridized carbons (Fsp3) is 0.0370. The minimum Gasteiger partial charge on any atom is -0.256 e. The van der Waals surface area contributed by atoms with Crippen molar-refractivity contribution in [2.75, 3.05) is 0 Å². The van der Waals surface area contributed by atoms with Crippen molar-refractivity contribution in [3.05, 3.63) is 206 Å². The van der Waals surface area contributed by atoms with E-state index in [1.54, 1.807) is 12.4 Å². The maximum atomic E-state index is 13.2. The van der Waals surface area contributed by atoms with Gasteiger partial charge in [0.25, 0.3) is 0 Å². The lowest BCUT2D eigenvalue weighted by Gasteiger charge is -2.12. The first-order chi connectivity index (χ1) is 30.0. The third-order valence-corrected chi connectivity index (χ3v) is 11.5. The second-order valence-electron chi connectivity index (χ2n) is 15.2. The van der Waals surface area contributed by atoms with Crippen molar-refractivity contribution in [1.29, 1.82) is 0 Å². The van der Waals surface area contributed by atoms with Crippen LogP contribution in [0.4, 0.5) is 26.3 Å². The summed E-state index contributed by atoms with van der Waals surface area (Å²) in [5.74, 6) is 0. The summed E-state index contributed by atoms with van der Waals surface area (Å²) in [4.78, 5) is 9.33. The van der Waals surface area contributed by atoms with Gasteiger partial charge in [-0.2, -0.15) is 26.3 Å². The van der Waals surface area contributed by atoms with E-state index in [1.807, 2.05) is 60.7 Å². The molecule has 0 fully saturated rings. The van der Waals surface area contributed by atoms with E-state index in [4.69, 9.17) is 0 Å². The largest absolute Gasteiger partial charge is 0.416 e. The number of halogens is 6. The third-order valence-electron chi connectivity index (χ3n) is 11.5. The van der Waals surface area contributed by atoms with Crippen LogP contribution in [0.15, 0.2) is 194 Å². The van der Waals surface area contributed by atoms with Gasteiger partial charge in [-0.15, -0.1) is 0 Å². The molecule has 8 aromatic carbocycles. The summed E-state index contributed by atoms with van der Waals surface area (Å²) in [6, 6.07) is 55.6. The Labute approximate surface area is 351 Å². The highest BCUT2D eigenvalue weighted by Gasteiger charge is 2.31. The second-order valence-corrected chi connectivity index (χ2v) is 15.2. The maximum Gasteiger partial charge on any atom is 0.416 e. The average molecular weight is 823 g/mol. The van der Waals surface area contributed by atoms with Gasteiger partial charge in [0.15, 0.2) is 0 Å². The number of hydrogen-bond donors (Lipinski definition) is 0. The summed E-state index contributed by atoms with van der Waals surface area (Å²) in [5, 5.41) is 10.5. The minimum atomic E-state index is -4.41. The highest BCUT2D eigenvalue weighted by atomic mass is 19.4. The van der Waals surface area contributed by atoms with Gasteiger partial charge in [-0.25, -0.2) is 0 Å². The number of alkyl halides is 6. The van der Waals surface area contributed by atoms with Crippen molar-refractivity contribution in [2.24, 2.45) is 0 Å². The Kier molecular flexibility index (Phi) is 9.44. The number of nitrogens with zero attached hydrogens (tertiary/aromatic N) is 2. The fourth-order valence-electron chi connectivity index (χ4n) is 8.35. The zero-order valence-corrected chi connectivity index (χ0v) is 32.6. The Morgan fingerprint density at radius 3 is 0.823 bits per heavy atom. The van der Waals surface area contributed by atoms with Crippen LogP contribution in [-0.2, 0) is 12.4 Å². The Morgan fingerprint density at radius 1 is 0.258 bits per heavy atom. The van der Waals surface area contributed by atoms with Gasteiger partial charge in [0.1, 0.15) is 0 Å². The van der Waals surface area contributed by atoms with Crippen molar-refractivity contribution < 1.29 is 26.3 Å². The lowest BCUT2D eigenvalue weighted by molar-refractivity contribution is -0.138. The fourth-order valence-corrected chi connectivity index (χ4v) is 8.35. The molecule has 8 heteroatoms. The molecule has 10 aromatic rings. The van der Waals surface area contributed by atoms with Gasteiger partial charge in [0.05, 0.1) is 22.5 Å². The standard InChI is InChI=1S/C54H32F6N2/c55-53(56,57)39-21-13-33(14-22-39)51-27-19-37(31-61-51)35-17-25-47-43-9-1-2-10-44(43)48-26-18-36(38-20-28-52(62-32-38)34-15-23-40(24-16-34)54(58,59)60)30-50(48)46-12-6-4-8-42(46)41-7-3-5-11-45(41)49(47)29-35/h1-32H. The average Bonchev–Trinajstić information content (AvgIpc) is 3.31. The lowest BCUT2D eigenvalue weighted by Crippen LogP contribution is -2.04. The summed E-state index contributed by atoms with van der Waals surface area (Å²) in [7, 11) is 0. The Bertz CT molecular complexity index is 3100. The molecule has 0 N–H and O–H groups in total. The highest BCUT2D eigenvalue weighted by Crippen LogP contribution is 2.39. The highest BCUT2D eigenvalue weighted by molar-refractivity contribution is 6.26. The quantitative estimate of drug-likeness (QED) is 0.165. The zero-order valence-electron chi connectivity index (χ0n) is 32.6. The van der Waals surface area contributed by atoms with Gasteiger partial charge in [-0.05, 0) is 114 Å². The summed E-state index contributed by atoms with van der Waals surface area (Å²) < 4.78 is 79.2. The molecule has 2 aromatic heterocycles. The molecular formula is C54H32F6N2. The van der Waals surface area contributed by atoms with Crippen LogP contribution in [0.25, 0.3) is 98.6 Å². The molecule has 0 spiro atoms. The summed E-state index contributed by atoms with van der Waals surface area (Å²) in [6.07, 6.45) is -5.30. The van der Waals surface area contributed by atoms with E-state index in [0.717, 1.165) is 100 Å². The smallest absolute Gasteiger partial charge is 0.256 e. The Hall–Kier alpha value is -7.58. The first-order valence-corrected chi connectivity index (χ1v) is 19.8. The van der Waals surface area contributed by atoms with Crippen LogP contribution in [0.2, 0.25) is 0 Å². The summed E-state index contributed by atoms with van der Waals surface area (Å²) in [5.41, 5.74) is 4.55. The molecule has 62 heavy (non-hydrogen) atoms. The molecular weight excluding hydrogens is 791 g/mol. The zero-order chi connectivity index (χ0) is 42.6. The number of hydrogen-bond acceptors (Lipinski definition) is 2. The molecule has 0 aliphatic rings. The van der Waals surface area contributed by atoms with Gasteiger partial charge >= 0.3 is 12.4 Å². The van der Waals surface area contributed by atoms with Crippen molar-refractivity contribution in [1.82, 2.24) is 9.97 Å². The predicted molar refractivity (Wildman–Crippen MR) is 239 cm³/mol. The van der Waals surface area contributed by atoms with Crippen molar-refractivity contribution >= 4 is 53.9 Å². The lowest BCUT2D eigenvalue weighted by atomic mass is 9.92. The molecule has 10 rings (SSSR count). The molecule has 2 nitrogen and oxygen atoms in total. The Morgan fingerprint density at radius 2 is 0.532 bits per heavy atom. The van der Waals surface area contributed by atoms with Crippen LogP contribution in [0.5, 0.6) is 0 Å².